The van der Waals surface area contributed by atoms with Crippen molar-refractivity contribution in [1.82, 2.24) is 29.5 Å². The normalized spacial score (nSPS) is 12.8. The van der Waals surface area contributed by atoms with E-state index < -0.39 is 0 Å². The Bertz CT molecular complexity index is 3870. The number of carbonyl (C=O) groups excluding carboxylic acids is 3. The molecule has 12 heteroatoms. The standard InChI is InChI=1S/C58H43N9O3/c68-53-31-35-9-7-10-36(29-35)32-54(69)65-43-17-5-2-14-40(43)56-50-24-23-49(62-50)55(39-13-1-4-16-42(39)64-53)47-21-19-45(60-47)46-20-22-48(61-46)57(52-26-25-51(56)63-52)41-15-3-6-18-44(41)66-58(70)38-12-8-11-37(30-38)33-67-28-27-59-34-67/h1-30,34,60,62-63H,31-33H2,(H,64,68)(H,65,69)(H,66,70). The number of anilines is 3. The fourth-order valence-electron chi connectivity index (χ4n) is 9.64. The fourth-order valence-corrected chi connectivity index (χ4v) is 9.64. The van der Waals surface area contributed by atoms with Crippen molar-refractivity contribution in [2.75, 3.05) is 16.0 Å². The number of aromatic amines is 3. The summed E-state index contributed by atoms with van der Waals surface area (Å²) in [6.07, 6.45) is 9.60. The van der Waals surface area contributed by atoms with E-state index in [0.717, 1.165) is 88.9 Å². The third-order valence-electron chi connectivity index (χ3n) is 12.8. The number of rotatable bonds is 5. The van der Waals surface area contributed by atoms with Crippen molar-refractivity contribution in [2.24, 2.45) is 0 Å². The summed E-state index contributed by atoms with van der Waals surface area (Å²) < 4.78 is 1.96. The molecule has 3 amide bonds. The third-order valence-corrected chi connectivity index (χ3v) is 12.8. The summed E-state index contributed by atoms with van der Waals surface area (Å²) in [5.74, 6) is -0.632. The van der Waals surface area contributed by atoms with E-state index in [1.807, 2.05) is 181 Å². The molecule has 6 N–H and O–H groups in total. The van der Waals surface area contributed by atoms with Gasteiger partial charge in [0.2, 0.25) is 11.8 Å². The number of imidazole rings is 1. The predicted molar refractivity (Wildman–Crippen MR) is 278 cm³/mol. The Morgan fingerprint density at radius 3 is 1.71 bits per heavy atom. The molecule has 12 nitrogen and oxygen atoms in total. The average Bonchev–Trinajstić information content (AvgIpc) is 4.24. The third kappa shape index (κ3) is 8.09. The molecule has 10 aromatic rings. The molecule has 0 unspecified atom stereocenters. The topological polar surface area (TPSA) is 165 Å². The van der Waals surface area contributed by atoms with Crippen LogP contribution in [0.5, 0.6) is 0 Å². The molecular formula is C58H43N9O3. The molecule has 5 aromatic heterocycles. The SMILES string of the molecule is O=C1Cc2cccc(c2)CC(=O)Nc2ccccc2-c2c3ccc([nH]3)c(-c3ccccc3NC(=O)c3cccc(Cn4ccnc4)c3)c3nc(c4ccc([nH]4)c(c4ccc2[nH]4)-c2ccccc2N1)C=C3. The van der Waals surface area contributed by atoms with E-state index in [-0.39, 0.29) is 30.6 Å². The smallest absolute Gasteiger partial charge is 0.255 e. The van der Waals surface area contributed by atoms with Crippen LogP contribution in [0.1, 0.15) is 38.4 Å². The summed E-state index contributed by atoms with van der Waals surface area (Å²) >= 11 is 0. The van der Waals surface area contributed by atoms with Crippen LogP contribution < -0.4 is 16.0 Å². The van der Waals surface area contributed by atoms with Crippen LogP contribution in [-0.2, 0) is 29.0 Å². The van der Waals surface area contributed by atoms with Crippen LogP contribution in [0, 0.1) is 0 Å². The quantitative estimate of drug-likeness (QED) is 0.101. The van der Waals surface area contributed by atoms with Crippen molar-refractivity contribution in [3.8, 4) is 33.4 Å². The van der Waals surface area contributed by atoms with Gasteiger partial charge in [0.25, 0.3) is 5.91 Å². The van der Waals surface area contributed by atoms with Gasteiger partial charge in [0.15, 0.2) is 0 Å². The minimum atomic E-state index is -0.251. The number of benzene rings is 5. The minimum Gasteiger partial charge on any atom is -0.354 e. The van der Waals surface area contributed by atoms with Gasteiger partial charge in [-0.05, 0) is 95.6 Å². The number of amides is 3. The summed E-state index contributed by atoms with van der Waals surface area (Å²) in [7, 11) is 0. The summed E-state index contributed by atoms with van der Waals surface area (Å²) in [6, 6.07) is 50.8. The number of H-pyrrole nitrogens is 3. The van der Waals surface area contributed by atoms with Crippen molar-refractivity contribution < 1.29 is 14.4 Å². The van der Waals surface area contributed by atoms with Crippen molar-refractivity contribution >= 4 is 80.0 Å². The van der Waals surface area contributed by atoms with E-state index >= 15 is 0 Å². The minimum absolute atomic E-state index is 0.109. The Balaban J connectivity index is 1.10. The molecule has 0 fully saturated rings. The van der Waals surface area contributed by atoms with Crippen molar-refractivity contribution in [2.45, 2.75) is 19.4 Å². The molecule has 338 valence electrons. The van der Waals surface area contributed by atoms with Gasteiger partial charge in [0.05, 0.1) is 36.1 Å². The Labute approximate surface area is 401 Å². The maximum absolute atomic E-state index is 14.2. The van der Waals surface area contributed by atoms with Gasteiger partial charge in [-0.3, -0.25) is 14.4 Å². The van der Waals surface area contributed by atoms with Gasteiger partial charge in [0.1, 0.15) is 0 Å². The largest absolute Gasteiger partial charge is 0.354 e. The number of hydrogen-bond acceptors (Lipinski definition) is 5. The van der Waals surface area contributed by atoms with Crippen LogP contribution in [0.15, 0.2) is 176 Å². The van der Waals surface area contributed by atoms with Crippen LogP contribution in [0.4, 0.5) is 17.1 Å². The maximum atomic E-state index is 14.2. The summed E-state index contributed by atoms with van der Waals surface area (Å²) in [5, 5.41) is 9.67. The van der Waals surface area contributed by atoms with Crippen molar-refractivity contribution in [3.63, 3.8) is 0 Å². The molecule has 0 saturated carbocycles. The number of aromatic nitrogens is 6. The number of nitrogens with zero attached hydrogens (tertiary/aromatic N) is 3. The molecule has 2 aliphatic heterocycles. The summed E-state index contributed by atoms with van der Waals surface area (Å²) in [5.41, 5.74) is 15.8. The Hall–Kier alpha value is -9.55. The highest BCUT2D eigenvalue weighted by molar-refractivity contribution is 6.10. The van der Waals surface area contributed by atoms with Gasteiger partial charge in [-0.1, -0.05) is 91.0 Å². The van der Waals surface area contributed by atoms with E-state index in [2.05, 4.69) is 35.9 Å². The van der Waals surface area contributed by atoms with Gasteiger partial charge in [-0.25, -0.2) is 9.97 Å². The Morgan fingerprint density at radius 1 is 0.543 bits per heavy atom. The first-order chi connectivity index (χ1) is 34.4. The Kier molecular flexibility index (Phi) is 10.5. The highest BCUT2D eigenvalue weighted by atomic mass is 16.2. The van der Waals surface area contributed by atoms with E-state index in [0.29, 0.717) is 34.9 Å². The molecule has 0 saturated heterocycles. The lowest BCUT2D eigenvalue weighted by molar-refractivity contribution is -0.116. The summed E-state index contributed by atoms with van der Waals surface area (Å²) in [4.78, 5) is 62.7. The number of hydrogen-bond donors (Lipinski definition) is 6. The van der Waals surface area contributed by atoms with Crippen LogP contribution in [0.2, 0.25) is 0 Å². The lowest BCUT2D eigenvalue weighted by Gasteiger charge is -2.14. The van der Waals surface area contributed by atoms with Gasteiger partial charge in [-0.2, -0.15) is 0 Å². The highest BCUT2D eigenvalue weighted by Gasteiger charge is 2.21. The van der Waals surface area contributed by atoms with Crippen LogP contribution in [-0.4, -0.2) is 47.2 Å². The van der Waals surface area contributed by atoms with Crippen LogP contribution in [0.25, 0.3) is 78.6 Å². The number of para-hydroxylation sites is 3. The predicted octanol–water partition coefficient (Wildman–Crippen LogP) is 11.9. The highest BCUT2D eigenvalue weighted by Crippen LogP contribution is 2.41. The van der Waals surface area contributed by atoms with E-state index in [1.165, 1.54) is 0 Å². The van der Waals surface area contributed by atoms with Gasteiger partial charge in [-0.15, -0.1) is 0 Å². The molecule has 0 spiro atoms. The zero-order valence-electron chi connectivity index (χ0n) is 37.6. The van der Waals surface area contributed by atoms with Gasteiger partial charge >= 0.3 is 0 Å². The molecule has 0 radical (unpaired) electrons. The summed E-state index contributed by atoms with van der Waals surface area (Å²) in [6.45, 7) is 0.580. The van der Waals surface area contributed by atoms with E-state index in [9.17, 15) is 14.4 Å². The zero-order valence-corrected chi connectivity index (χ0v) is 37.6. The number of carbonyl (C=O) groups is 3. The van der Waals surface area contributed by atoms with Crippen molar-refractivity contribution in [3.05, 3.63) is 210 Å². The van der Waals surface area contributed by atoms with Gasteiger partial charge < -0.3 is 35.5 Å². The van der Waals surface area contributed by atoms with Crippen LogP contribution in [0.3, 0.4) is 0 Å². The van der Waals surface area contributed by atoms with Crippen LogP contribution >= 0.6 is 0 Å². The second kappa shape index (κ2) is 17.6. The molecule has 12 rings (SSSR count). The molecule has 5 aromatic carbocycles. The lowest BCUT2D eigenvalue weighted by Crippen LogP contribution is -2.16. The van der Waals surface area contributed by atoms with E-state index in [4.69, 9.17) is 4.98 Å². The first-order valence-electron chi connectivity index (χ1n) is 23.0. The second-order valence-corrected chi connectivity index (χ2v) is 17.5. The lowest BCUT2D eigenvalue weighted by atomic mass is 10.0. The molecular weight excluding hydrogens is 871 g/mol. The van der Waals surface area contributed by atoms with Crippen molar-refractivity contribution in [1.29, 1.82) is 0 Å². The molecule has 2 aliphatic rings. The van der Waals surface area contributed by atoms with Gasteiger partial charge in [0, 0.05) is 103 Å². The first-order valence-corrected chi connectivity index (χ1v) is 23.0. The molecule has 7 heterocycles. The average molecular weight is 914 g/mol. The number of nitrogens with one attached hydrogen (secondary N) is 6. The fraction of sp³-hybridized carbons (Fsp3) is 0.0517. The molecule has 0 atom stereocenters. The molecule has 12 bridgehead atoms. The Morgan fingerprint density at radius 2 is 1.09 bits per heavy atom. The zero-order chi connectivity index (χ0) is 47.1. The van der Waals surface area contributed by atoms with E-state index in [1.54, 1.807) is 12.5 Å². The molecule has 0 aliphatic carbocycles. The molecule has 70 heavy (non-hydrogen) atoms. The maximum Gasteiger partial charge on any atom is 0.255 e. The second-order valence-electron chi connectivity index (χ2n) is 17.5. The monoisotopic (exact) mass is 913 g/mol. The first kappa shape index (κ1) is 41.9. The number of fused-ring (bicyclic) bond motifs is 15.